The van der Waals surface area contributed by atoms with Crippen LogP contribution in [0.2, 0.25) is 0 Å². The minimum atomic E-state index is 0.281. The van der Waals surface area contributed by atoms with Gasteiger partial charge in [0.2, 0.25) is 0 Å². The zero-order valence-electron chi connectivity index (χ0n) is 10.1. The molecule has 0 spiro atoms. The highest BCUT2D eigenvalue weighted by atomic mass is 32.1. The Kier molecular flexibility index (Phi) is 3.84. The van der Waals surface area contributed by atoms with E-state index < -0.39 is 0 Å². The molecule has 0 aliphatic rings. The van der Waals surface area contributed by atoms with E-state index in [1.807, 2.05) is 12.1 Å². The fraction of sp³-hybridized carbons (Fsp3) is 0.154. The van der Waals surface area contributed by atoms with Crippen molar-refractivity contribution in [2.24, 2.45) is 5.73 Å². The van der Waals surface area contributed by atoms with E-state index in [4.69, 9.17) is 18.0 Å². The van der Waals surface area contributed by atoms with Gasteiger partial charge in [-0.15, -0.1) is 0 Å². The van der Waals surface area contributed by atoms with Crippen LogP contribution >= 0.6 is 12.2 Å². The number of nitrogens with one attached hydrogen (secondary N) is 1. The number of rotatable bonds is 4. The molecular weight excluding hydrogens is 244 g/mol. The molecule has 0 aliphatic heterocycles. The smallest absolute Gasteiger partial charge is 0.144 e. The van der Waals surface area contributed by atoms with Gasteiger partial charge in [-0.05, 0) is 24.1 Å². The maximum absolute atomic E-state index is 5.63. The first-order valence-electron chi connectivity index (χ1n) is 5.66. The topological polar surface area (TPSA) is 63.8 Å². The number of nitrogens with zero attached hydrogens (tertiary/aromatic N) is 2. The molecule has 0 bridgehead atoms. The Morgan fingerprint density at radius 1 is 1.33 bits per heavy atom. The first-order valence-corrected chi connectivity index (χ1v) is 6.07. The molecule has 4 nitrogen and oxygen atoms in total. The van der Waals surface area contributed by atoms with E-state index in [9.17, 15) is 0 Å². The van der Waals surface area contributed by atoms with Crippen molar-refractivity contribution in [3.8, 4) is 0 Å². The Balaban J connectivity index is 2.25. The summed E-state index contributed by atoms with van der Waals surface area (Å²) in [5.41, 5.74) is 8.51. The number of nitrogens with two attached hydrogens (primary N) is 1. The van der Waals surface area contributed by atoms with Gasteiger partial charge in [0.05, 0.1) is 5.56 Å². The van der Waals surface area contributed by atoms with Crippen molar-refractivity contribution in [2.45, 2.75) is 13.3 Å². The molecule has 18 heavy (non-hydrogen) atoms. The molecule has 1 heterocycles. The highest BCUT2D eigenvalue weighted by Gasteiger charge is 2.06. The lowest BCUT2D eigenvalue weighted by Crippen LogP contribution is -2.13. The predicted octanol–water partition coefficient (Wildman–Crippen LogP) is 2.42. The number of aryl methyl sites for hydroxylation is 1. The van der Waals surface area contributed by atoms with Crippen LogP contribution in [-0.2, 0) is 6.42 Å². The lowest BCUT2D eigenvalue weighted by molar-refractivity contribution is 1.14. The van der Waals surface area contributed by atoms with Crippen LogP contribution in [-0.4, -0.2) is 15.0 Å². The first kappa shape index (κ1) is 12.4. The Hall–Kier alpha value is -2.01. The van der Waals surface area contributed by atoms with Gasteiger partial charge in [0, 0.05) is 11.9 Å². The van der Waals surface area contributed by atoms with E-state index in [0.29, 0.717) is 11.4 Å². The van der Waals surface area contributed by atoms with Crippen molar-refractivity contribution in [3.63, 3.8) is 0 Å². The van der Waals surface area contributed by atoms with Crippen LogP contribution in [0.15, 0.2) is 36.8 Å². The summed E-state index contributed by atoms with van der Waals surface area (Å²) in [6.07, 6.45) is 4.09. The number of hydrogen-bond acceptors (Lipinski definition) is 4. The van der Waals surface area contributed by atoms with Crippen molar-refractivity contribution < 1.29 is 0 Å². The van der Waals surface area contributed by atoms with Crippen molar-refractivity contribution in [1.82, 2.24) is 9.97 Å². The third kappa shape index (κ3) is 2.81. The molecule has 2 rings (SSSR count). The summed E-state index contributed by atoms with van der Waals surface area (Å²) >= 11 is 4.96. The molecule has 0 saturated heterocycles. The average molecular weight is 258 g/mol. The number of benzene rings is 1. The second kappa shape index (κ2) is 5.55. The predicted molar refractivity (Wildman–Crippen MR) is 77.0 cm³/mol. The summed E-state index contributed by atoms with van der Waals surface area (Å²) in [5, 5.41) is 3.19. The highest BCUT2D eigenvalue weighted by Crippen LogP contribution is 2.18. The minimum Gasteiger partial charge on any atom is -0.389 e. The molecule has 0 unspecified atom stereocenters. The van der Waals surface area contributed by atoms with Crippen LogP contribution < -0.4 is 11.1 Å². The normalized spacial score (nSPS) is 10.1. The maximum Gasteiger partial charge on any atom is 0.144 e. The van der Waals surface area contributed by atoms with Gasteiger partial charge < -0.3 is 11.1 Å². The summed E-state index contributed by atoms with van der Waals surface area (Å²) in [4.78, 5) is 8.35. The quantitative estimate of drug-likeness (QED) is 0.825. The molecule has 0 radical (unpaired) electrons. The molecule has 0 amide bonds. The number of aromatic nitrogens is 2. The first-order chi connectivity index (χ1) is 8.70. The fourth-order valence-electron chi connectivity index (χ4n) is 1.57. The molecule has 2 aromatic rings. The van der Waals surface area contributed by atoms with Crippen LogP contribution in [0.3, 0.4) is 0 Å². The molecule has 0 saturated carbocycles. The van der Waals surface area contributed by atoms with Gasteiger partial charge in [-0.1, -0.05) is 31.3 Å². The molecule has 1 aromatic carbocycles. The van der Waals surface area contributed by atoms with Crippen molar-refractivity contribution in [1.29, 1.82) is 0 Å². The number of anilines is 2. The Morgan fingerprint density at radius 3 is 2.67 bits per heavy atom. The summed E-state index contributed by atoms with van der Waals surface area (Å²) in [5.74, 6) is 0.627. The van der Waals surface area contributed by atoms with E-state index >= 15 is 0 Å². The third-order valence-corrected chi connectivity index (χ3v) is 2.82. The van der Waals surface area contributed by atoms with Gasteiger partial charge in [0.1, 0.15) is 17.1 Å². The summed E-state index contributed by atoms with van der Waals surface area (Å²) in [6, 6.07) is 8.16. The van der Waals surface area contributed by atoms with Crippen molar-refractivity contribution in [3.05, 3.63) is 47.9 Å². The molecule has 1 aromatic heterocycles. The van der Waals surface area contributed by atoms with Gasteiger partial charge in [0.15, 0.2) is 0 Å². The summed E-state index contributed by atoms with van der Waals surface area (Å²) in [6.45, 7) is 2.12. The lowest BCUT2D eigenvalue weighted by Gasteiger charge is -2.09. The van der Waals surface area contributed by atoms with Gasteiger partial charge in [-0.3, -0.25) is 0 Å². The fourth-order valence-corrected chi connectivity index (χ4v) is 1.72. The van der Waals surface area contributed by atoms with Crippen LogP contribution in [0, 0.1) is 0 Å². The van der Waals surface area contributed by atoms with Crippen molar-refractivity contribution >= 4 is 28.7 Å². The van der Waals surface area contributed by atoms with Gasteiger partial charge >= 0.3 is 0 Å². The molecule has 0 atom stereocenters. The van der Waals surface area contributed by atoms with E-state index in [2.05, 4.69) is 34.3 Å². The van der Waals surface area contributed by atoms with Crippen molar-refractivity contribution in [2.75, 3.05) is 5.32 Å². The van der Waals surface area contributed by atoms with Crippen LogP contribution in [0.25, 0.3) is 0 Å². The Bertz CT molecular complexity index is 551. The highest BCUT2D eigenvalue weighted by molar-refractivity contribution is 7.80. The molecule has 0 fully saturated rings. The average Bonchev–Trinajstić information content (AvgIpc) is 2.40. The Labute approximate surface area is 111 Å². The second-order valence-electron chi connectivity index (χ2n) is 3.82. The molecular formula is C13H14N4S. The third-order valence-electron chi connectivity index (χ3n) is 2.60. The lowest BCUT2D eigenvalue weighted by atomic mass is 10.1. The standard InChI is InChI=1S/C13H14N4S/c1-2-9-3-5-10(6-4-9)17-13-11(12(14)18)7-15-8-16-13/h3-8H,2H2,1H3,(H2,14,18)(H,15,16,17). The molecule has 5 heteroatoms. The summed E-state index contributed by atoms with van der Waals surface area (Å²) < 4.78 is 0. The SMILES string of the molecule is CCc1ccc(Nc2ncncc2C(N)=S)cc1. The number of hydrogen-bond donors (Lipinski definition) is 2. The van der Waals surface area contributed by atoms with E-state index in [1.165, 1.54) is 11.9 Å². The van der Waals surface area contributed by atoms with Crippen LogP contribution in [0.4, 0.5) is 11.5 Å². The maximum atomic E-state index is 5.63. The van der Waals surface area contributed by atoms with Gasteiger partial charge in [-0.25, -0.2) is 9.97 Å². The van der Waals surface area contributed by atoms with E-state index in [0.717, 1.165) is 12.1 Å². The van der Waals surface area contributed by atoms with Gasteiger partial charge in [-0.2, -0.15) is 0 Å². The molecule has 92 valence electrons. The largest absolute Gasteiger partial charge is 0.389 e. The zero-order chi connectivity index (χ0) is 13.0. The zero-order valence-corrected chi connectivity index (χ0v) is 10.9. The van der Waals surface area contributed by atoms with E-state index in [1.54, 1.807) is 6.20 Å². The molecule has 0 aliphatic carbocycles. The van der Waals surface area contributed by atoms with E-state index in [-0.39, 0.29) is 4.99 Å². The monoisotopic (exact) mass is 258 g/mol. The van der Waals surface area contributed by atoms with Gasteiger partial charge in [0.25, 0.3) is 0 Å². The molecule has 3 N–H and O–H groups in total. The van der Waals surface area contributed by atoms with Crippen LogP contribution in [0.5, 0.6) is 0 Å². The minimum absolute atomic E-state index is 0.281. The summed E-state index contributed by atoms with van der Waals surface area (Å²) in [7, 11) is 0. The number of thiocarbonyl (C=S) groups is 1. The van der Waals surface area contributed by atoms with Crippen LogP contribution in [0.1, 0.15) is 18.1 Å². The Morgan fingerprint density at radius 2 is 2.06 bits per heavy atom. The second-order valence-corrected chi connectivity index (χ2v) is 4.26.